The number of amides is 1. The summed E-state index contributed by atoms with van der Waals surface area (Å²) < 4.78 is 0. The first-order chi connectivity index (χ1) is 17.1. The number of piperidine rings is 1. The molecule has 8 unspecified atom stereocenters. The van der Waals surface area contributed by atoms with Gasteiger partial charge in [-0.15, -0.1) is 0 Å². The van der Waals surface area contributed by atoms with Gasteiger partial charge < -0.3 is 10.0 Å². The van der Waals surface area contributed by atoms with Gasteiger partial charge >= 0.3 is 0 Å². The standard InChI is InChI=1S/C33H49NO2/c1-22(2)10-9-11-23(3)26-14-15-27-30-28(17-19-32(26,27)4)33(5)18-16-25(35)20-29(33)34(31(30)36)21-24-12-7-6-8-13-24/h6-8,12-13,20,22-23,25-28,30,35H,9-11,14-19,21H2,1-5H3. The van der Waals surface area contributed by atoms with Crippen molar-refractivity contribution in [1.82, 2.24) is 4.90 Å². The van der Waals surface area contributed by atoms with Crippen molar-refractivity contribution in [1.29, 1.82) is 0 Å². The van der Waals surface area contributed by atoms with Crippen LogP contribution in [0, 0.1) is 46.3 Å². The van der Waals surface area contributed by atoms with Crippen LogP contribution in [0.1, 0.15) is 98.0 Å². The fourth-order valence-corrected chi connectivity index (χ4v) is 9.26. The van der Waals surface area contributed by atoms with Gasteiger partial charge in [0.2, 0.25) is 5.91 Å². The maximum atomic E-state index is 14.5. The van der Waals surface area contributed by atoms with Gasteiger partial charge in [-0.2, -0.15) is 0 Å². The summed E-state index contributed by atoms with van der Waals surface area (Å²) in [5.74, 6) is 3.62. The van der Waals surface area contributed by atoms with E-state index in [1.165, 1.54) is 44.1 Å². The van der Waals surface area contributed by atoms with Crippen LogP contribution in [-0.2, 0) is 11.3 Å². The van der Waals surface area contributed by atoms with Crippen LogP contribution in [0.15, 0.2) is 42.1 Å². The lowest BCUT2D eigenvalue weighted by Crippen LogP contribution is -2.60. The number of benzene rings is 1. The van der Waals surface area contributed by atoms with E-state index in [1.807, 2.05) is 12.1 Å². The van der Waals surface area contributed by atoms with Crippen LogP contribution in [0.4, 0.5) is 0 Å². The molecule has 1 aromatic carbocycles. The first-order valence-electron chi connectivity index (χ1n) is 14.9. The molecule has 0 spiro atoms. The number of carbonyl (C=O) groups excluding carboxylic acids is 1. The zero-order valence-electron chi connectivity index (χ0n) is 23.4. The minimum absolute atomic E-state index is 0.0190. The topological polar surface area (TPSA) is 40.5 Å². The molecule has 1 aromatic rings. The summed E-state index contributed by atoms with van der Waals surface area (Å²) in [7, 11) is 0. The Balaban J connectivity index is 1.45. The molecule has 2 saturated carbocycles. The van der Waals surface area contributed by atoms with E-state index in [-0.39, 0.29) is 16.7 Å². The van der Waals surface area contributed by atoms with Crippen LogP contribution in [-0.4, -0.2) is 22.0 Å². The molecule has 0 radical (unpaired) electrons. The Hall–Kier alpha value is -1.61. The molecule has 3 nitrogen and oxygen atoms in total. The maximum Gasteiger partial charge on any atom is 0.230 e. The fourth-order valence-electron chi connectivity index (χ4n) is 9.26. The van der Waals surface area contributed by atoms with Gasteiger partial charge in [-0.1, -0.05) is 84.2 Å². The normalized spacial score (nSPS) is 38.9. The average Bonchev–Trinajstić information content (AvgIpc) is 3.20. The molecule has 36 heavy (non-hydrogen) atoms. The number of aliphatic hydroxyl groups excluding tert-OH is 1. The second-order valence-electron chi connectivity index (χ2n) is 13.8. The Morgan fingerprint density at radius 1 is 0.972 bits per heavy atom. The number of aliphatic hydroxyl groups is 1. The molecule has 198 valence electrons. The lowest BCUT2D eigenvalue weighted by Gasteiger charge is -2.60. The van der Waals surface area contributed by atoms with Gasteiger partial charge in [0.25, 0.3) is 0 Å². The van der Waals surface area contributed by atoms with E-state index in [2.05, 4.69) is 63.8 Å². The summed E-state index contributed by atoms with van der Waals surface area (Å²) in [6.45, 7) is 12.8. The molecule has 3 fully saturated rings. The van der Waals surface area contributed by atoms with Gasteiger partial charge in [0.05, 0.1) is 12.6 Å². The highest BCUT2D eigenvalue weighted by Gasteiger charge is 2.63. The fraction of sp³-hybridized carbons (Fsp3) is 0.727. The van der Waals surface area contributed by atoms with E-state index < -0.39 is 6.10 Å². The average molecular weight is 492 g/mol. The number of fused-ring (bicyclic) bond motifs is 5. The summed E-state index contributed by atoms with van der Waals surface area (Å²) in [4.78, 5) is 16.6. The smallest absolute Gasteiger partial charge is 0.230 e. The predicted molar refractivity (Wildman–Crippen MR) is 147 cm³/mol. The second kappa shape index (κ2) is 9.93. The number of hydrogen-bond acceptors (Lipinski definition) is 2. The van der Waals surface area contributed by atoms with Gasteiger partial charge in [-0.25, -0.2) is 0 Å². The molecule has 5 rings (SSSR count). The number of rotatable bonds is 7. The lowest BCUT2D eigenvalue weighted by atomic mass is 9.48. The number of carbonyl (C=O) groups is 1. The minimum atomic E-state index is -0.438. The highest BCUT2D eigenvalue weighted by atomic mass is 16.3. The maximum absolute atomic E-state index is 14.5. The zero-order chi connectivity index (χ0) is 25.7. The van der Waals surface area contributed by atoms with Crippen LogP contribution in [0.25, 0.3) is 0 Å². The van der Waals surface area contributed by atoms with E-state index in [1.54, 1.807) is 0 Å². The third-order valence-electron chi connectivity index (χ3n) is 11.2. The van der Waals surface area contributed by atoms with Gasteiger partial charge in [-0.3, -0.25) is 4.79 Å². The summed E-state index contributed by atoms with van der Waals surface area (Å²) in [6.07, 6.45) is 12.3. The Bertz CT molecular complexity index is 969. The van der Waals surface area contributed by atoms with Crippen molar-refractivity contribution in [3.63, 3.8) is 0 Å². The van der Waals surface area contributed by atoms with Crippen molar-refractivity contribution in [2.75, 3.05) is 0 Å². The largest absolute Gasteiger partial charge is 0.389 e. The molecule has 0 bridgehead atoms. The SMILES string of the molecule is CC(C)CCCC(C)C1CCC2C3C(=O)N(Cc4ccccc4)C4=CC(O)CCC4(C)C3CCC12C. The minimum Gasteiger partial charge on any atom is -0.389 e. The van der Waals surface area contributed by atoms with Crippen LogP contribution in [0.3, 0.4) is 0 Å². The number of nitrogens with zero attached hydrogens (tertiary/aromatic N) is 1. The van der Waals surface area contributed by atoms with Crippen LogP contribution < -0.4 is 0 Å². The molecule has 4 aliphatic rings. The lowest BCUT2D eigenvalue weighted by molar-refractivity contribution is -0.159. The molecular formula is C33H49NO2. The Morgan fingerprint density at radius 3 is 2.44 bits per heavy atom. The van der Waals surface area contributed by atoms with Crippen LogP contribution >= 0.6 is 0 Å². The highest BCUT2D eigenvalue weighted by Crippen LogP contribution is 2.67. The predicted octanol–water partition coefficient (Wildman–Crippen LogP) is 7.59. The van der Waals surface area contributed by atoms with Crippen molar-refractivity contribution in [3.05, 3.63) is 47.7 Å². The zero-order valence-corrected chi connectivity index (χ0v) is 23.4. The van der Waals surface area contributed by atoms with Crippen molar-refractivity contribution in [3.8, 4) is 0 Å². The van der Waals surface area contributed by atoms with Crippen LogP contribution in [0.2, 0.25) is 0 Å². The molecule has 3 heteroatoms. The number of hydrogen-bond donors (Lipinski definition) is 1. The summed E-state index contributed by atoms with van der Waals surface area (Å²) >= 11 is 0. The summed E-state index contributed by atoms with van der Waals surface area (Å²) in [5.41, 5.74) is 2.54. The van der Waals surface area contributed by atoms with Gasteiger partial charge in [0.15, 0.2) is 0 Å². The summed E-state index contributed by atoms with van der Waals surface area (Å²) in [5, 5.41) is 10.6. The van der Waals surface area contributed by atoms with Crippen molar-refractivity contribution in [2.45, 2.75) is 105 Å². The molecule has 0 aromatic heterocycles. The molecule has 3 aliphatic carbocycles. The Labute approximate surface area is 219 Å². The Morgan fingerprint density at radius 2 is 1.72 bits per heavy atom. The first-order valence-corrected chi connectivity index (χ1v) is 14.9. The molecule has 8 atom stereocenters. The van der Waals surface area contributed by atoms with E-state index in [0.717, 1.165) is 42.7 Å². The molecule has 1 amide bonds. The number of likely N-dealkylation sites (tertiary alicyclic amines) is 1. The van der Waals surface area contributed by atoms with Crippen molar-refractivity contribution in [2.24, 2.45) is 46.3 Å². The molecule has 1 N–H and O–H groups in total. The second-order valence-corrected chi connectivity index (χ2v) is 13.8. The monoisotopic (exact) mass is 491 g/mol. The third-order valence-corrected chi connectivity index (χ3v) is 11.2. The Kier molecular flexibility index (Phi) is 7.18. The van der Waals surface area contributed by atoms with E-state index in [9.17, 15) is 9.90 Å². The molecular weight excluding hydrogens is 442 g/mol. The highest BCUT2D eigenvalue weighted by molar-refractivity contribution is 5.83. The quantitative estimate of drug-likeness (QED) is 0.427. The van der Waals surface area contributed by atoms with Crippen molar-refractivity contribution >= 4 is 5.91 Å². The van der Waals surface area contributed by atoms with E-state index in [4.69, 9.17) is 0 Å². The third kappa shape index (κ3) is 4.38. The van der Waals surface area contributed by atoms with E-state index >= 15 is 0 Å². The van der Waals surface area contributed by atoms with Crippen LogP contribution in [0.5, 0.6) is 0 Å². The first kappa shape index (κ1) is 26.0. The van der Waals surface area contributed by atoms with E-state index in [0.29, 0.717) is 24.3 Å². The summed E-state index contributed by atoms with van der Waals surface area (Å²) in [6, 6.07) is 10.4. The van der Waals surface area contributed by atoms with Gasteiger partial charge in [0, 0.05) is 17.0 Å². The molecule has 1 heterocycles. The van der Waals surface area contributed by atoms with Gasteiger partial charge in [0.1, 0.15) is 0 Å². The number of allylic oxidation sites excluding steroid dienone is 1. The molecule has 1 aliphatic heterocycles. The molecule has 1 saturated heterocycles. The van der Waals surface area contributed by atoms with Gasteiger partial charge in [-0.05, 0) is 85.2 Å². The van der Waals surface area contributed by atoms with Crippen molar-refractivity contribution < 1.29 is 9.90 Å².